The van der Waals surface area contributed by atoms with Gasteiger partial charge in [-0.25, -0.2) is 0 Å². The maximum absolute atomic E-state index is 8.50. The van der Waals surface area contributed by atoms with Crippen LogP contribution in [0.5, 0.6) is 0 Å². The van der Waals surface area contributed by atoms with E-state index < -0.39 is 0 Å². The summed E-state index contributed by atoms with van der Waals surface area (Å²) in [6.45, 7) is 0.903. The minimum absolute atomic E-state index is 0.0466. The third-order valence-corrected chi connectivity index (χ3v) is 1.98. The minimum Gasteiger partial charge on any atom is -0.394 e. The highest BCUT2D eigenvalue weighted by Crippen LogP contribution is 2.05. The van der Waals surface area contributed by atoms with Crippen molar-refractivity contribution in [3.8, 4) is 0 Å². The van der Waals surface area contributed by atoms with Crippen molar-refractivity contribution < 1.29 is 9.84 Å². The molecule has 76 valence electrons. The highest BCUT2D eigenvalue weighted by Gasteiger charge is 1.96. The monoisotopic (exact) mass is 211 g/mol. The van der Waals surface area contributed by atoms with E-state index in [1.807, 2.05) is 24.3 Å². The molecule has 0 aliphatic rings. The van der Waals surface area contributed by atoms with Crippen molar-refractivity contribution in [2.75, 3.05) is 13.2 Å². The molecule has 3 nitrogen and oxygen atoms in total. The van der Waals surface area contributed by atoms with Gasteiger partial charge in [0.1, 0.15) is 4.99 Å². The van der Waals surface area contributed by atoms with E-state index >= 15 is 0 Å². The fraction of sp³-hybridized carbons (Fsp3) is 0.300. The van der Waals surface area contributed by atoms with Crippen LogP contribution in [0.15, 0.2) is 24.3 Å². The van der Waals surface area contributed by atoms with Crippen LogP contribution >= 0.6 is 12.2 Å². The molecule has 1 aromatic rings. The van der Waals surface area contributed by atoms with E-state index in [1.165, 1.54) is 0 Å². The van der Waals surface area contributed by atoms with Gasteiger partial charge in [0.2, 0.25) is 0 Å². The molecule has 0 fully saturated rings. The van der Waals surface area contributed by atoms with E-state index in [9.17, 15) is 0 Å². The molecule has 0 bridgehead atoms. The van der Waals surface area contributed by atoms with Crippen molar-refractivity contribution in [2.45, 2.75) is 6.61 Å². The number of aliphatic hydroxyl groups excluding tert-OH is 1. The van der Waals surface area contributed by atoms with Crippen LogP contribution in [0.25, 0.3) is 0 Å². The second kappa shape index (κ2) is 5.70. The topological polar surface area (TPSA) is 55.5 Å². The first kappa shape index (κ1) is 11.1. The number of nitrogens with two attached hydrogens (primary N) is 1. The first-order chi connectivity index (χ1) is 6.74. The van der Waals surface area contributed by atoms with Crippen LogP contribution in [-0.2, 0) is 11.3 Å². The fourth-order valence-corrected chi connectivity index (χ4v) is 1.16. The van der Waals surface area contributed by atoms with Crippen molar-refractivity contribution in [3.63, 3.8) is 0 Å². The SMILES string of the molecule is NC(=S)c1ccc(COCCO)cc1. The summed E-state index contributed by atoms with van der Waals surface area (Å²) in [6, 6.07) is 7.54. The van der Waals surface area contributed by atoms with Gasteiger partial charge < -0.3 is 15.6 Å². The van der Waals surface area contributed by atoms with Crippen LogP contribution in [0.4, 0.5) is 0 Å². The number of hydrogen-bond acceptors (Lipinski definition) is 3. The smallest absolute Gasteiger partial charge is 0.103 e. The van der Waals surface area contributed by atoms with Crippen molar-refractivity contribution in [1.29, 1.82) is 0 Å². The highest BCUT2D eigenvalue weighted by molar-refractivity contribution is 7.80. The molecule has 0 saturated heterocycles. The van der Waals surface area contributed by atoms with Crippen LogP contribution in [-0.4, -0.2) is 23.3 Å². The molecule has 0 aliphatic heterocycles. The number of ether oxygens (including phenoxy) is 1. The zero-order valence-corrected chi connectivity index (χ0v) is 8.59. The van der Waals surface area contributed by atoms with E-state index in [4.69, 9.17) is 27.8 Å². The Morgan fingerprint density at radius 3 is 2.50 bits per heavy atom. The van der Waals surface area contributed by atoms with E-state index in [2.05, 4.69) is 0 Å². The highest BCUT2D eigenvalue weighted by atomic mass is 32.1. The van der Waals surface area contributed by atoms with Crippen LogP contribution in [0.1, 0.15) is 11.1 Å². The third kappa shape index (κ3) is 3.41. The van der Waals surface area contributed by atoms with Gasteiger partial charge in [-0.15, -0.1) is 0 Å². The number of aliphatic hydroxyl groups is 1. The minimum atomic E-state index is 0.0466. The Bertz CT molecular complexity index is 297. The summed E-state index contributed by atoms with van der Waals surface area (Å²) in [7, 11) is 0. The first-order valence-corrected chi connectivity index (χ1v) is 4.72. The Morgan fingerprint density at radius 1 is 1.36 bits per heavy atom. The fourth-order valence-electron chi connectivity index (χ4n) is 1.02. The number of benzene rings is 1. The van der Waals surface area contributed by atoms with Crippen LogP contribution in [0.2, 0.25) is 0 Å². The zero-order valence-electron chi connectivity index (χ0n) is 7.77. The average Bonchev–Trinajstić information content (AvgIpc) is 2.19. The van der Waals surface area contributed by atoms with Gasteiger partial charge in [-0.3, -0.25) is 0 Å². The van der Waals surface area contributed by atoms with Crippen molar-refractivity contribution >= 4 is 17.2 Å². The predicted molar refractivity (Wildman–Crippen MR) is 59.1 cm³/mol. The molecule has 0 unspecified atom stereocenters. The molecule has 0 heterocycles. The molecule has 0 spiro atoms. The van der Waals surface area contributed by atoms with Gasteiger partial charge >= 0.3 is 0 Å². The Labute approximate surface area is 88.5 Å². The van der Waals surface area contributed by atoms with Crippen molar-refractivity contribution in [3.05, 3.63) is 35.4 Å². The molecule has 1 rings (SSSR count). The van der Waals surface area contributed by atoms with Crippen LogP contribution in [0, 0.1) is 0 Å². The molecular formula is C10H13NO2S. The Kier molecular flexibility index (Phi) is 4.52. The quantitative estimate of drug-likeness (QED) is 0.559. The summed E-state index contributed by atoms with van der Waals surface area (Å²) in [6.07, 6.45) is 0. The average molecular weight is 211 g/mol. The zero-order chi connectivity index (χ0) is 10.4. The Morgan fingerprint density at radius 2 is 2.00 bits per heavy atom. The molecule has 1 aromatic carbocycles. The molecule has 14 heavy (non-hydrogen) atoms. The van der Waals surface area contributed by atoms with Crippen molar-refractivity contribution in [1.82, 2.24) is 0 Å². The second-order valence-corrected chi connectivity index (χ2v) is 3.28. The van der Waals surface area contributed by atoms with Gasteiger partial charge in [0, 0.05) is 5.56 Å². The lowest BCUT2D eigenvalue weighted by Crippen LogP contribution is -2.09. The summed E-state index contributed by atoms with van der Waals surface area (Å²) in [5.41, 5.74) is 7.35. The number of rotatable bonds is 5. The summed E-state index contributed by atoms with van der Waals surface area (Å²) in [5.74, 6) is 0. The molecule has 0 amide bonds. The van der Waals surface area contributed by atoms with Gasteiger partial charge in [-0.2, -0.15) is 0 Å². The van der Waals surface area contributed by atoms with E-state index in [0.717, 1.165) is 11.1 Å². The molecule has 0 atom stereocenters. The largest absolute Gasteiger partial charge is 0.394 e. The molecule has 0 aliphatic carbocycles. The number of hydrogen-bond donors (Lipinski definition) is 2. The Hall–Kier alpha value is -0.970. The van der Waals surface area contributed by atoms with E-state index in [0.29, 0.717) is 18.2 Å². The van der Waals surface area contributed by atoms with Gasteiger partial charge in [-0.05, 0) is 5.56 Å². The van der Waals surface area contributed by atoms with Crippen LogP contribution in [0.3, 0.4) is 0 Å². The summed E-state index contributed by atoms with van der Waals surface area (Å²) < 4.78 is 5.16. The summed E-state index contributed by atoms with van der Waals surface area (Å²) in [4.78, 5) is 0.396. The lowest BCUT2D eigenvalue weighted by atomic mass is 10.1. The second-order valence-electron chi connectivity index (χ2n) is 2.84. The van der Waals surface area contributed by atoms with Gasteiger partial charge in [0.15, 0.2) is 0 Å². The maximum atomic E-state index is 8.50. The molecular weight excluding hydrogens is 198 g/mol. The Balaban J connectivity index is 2.51. The lowest BCUT2D eigenvalue weighted by molar-refractivity contribution is 0.0815. The predicted octanol–water partition coefficient (Wildman–Crippen LogP) is 0.830. The first-order valence-electron chi connectivity index (χ1n) is 4.31. The summed E-state index contributed by atoms with van der Waals surface area (Å²) >= 11 is 4.83. The lowest BCUT2D eigenvalue weighted by Gasteiger charge is -2.03. The molecule has 0 saturated carbocycles. The van der Waals surface area contributed by atoms with Crippen LogP contribution < -0.4 is 5.73 Å². The summed E-state index contributed by atoms with van der Waals surface area (Å²) in [5, 5.41) is 8.50. The molecule has 3 N–H and O–H groups in total. The number of thiocarbonyl (C=S) groups is 1. The molecule has 4 heteroatoms. The van der Waals surface area contributed by atoms with Crippen molar-refractivity contribution in [2.24, 2.45) is 5.73 Å². The third-order valence-electron chi connectivity index (χ3n) is 1.74. The van der Waals surface area contributed by atoms with Gasteiger partial charge in [0.25, 0.3) is 0 Å². The maximum Gasteiger partial charge on any atom is 0.103 e. The van der Waals surface area contributed by atoms with E-state index in [1.54, 1.807) is 0 Å². The van der Waals surface area contributed by atoms with Gasteiger partial charge in [0.05, 0.1) is 19.8 Å². The standard InChI is InChI=1S/C10H13NO2S/c11-10(14)9-3-1-8(2-4-9)7-13-6-5-12/h1-4,12H,5-7H2,(H2,11,14). The normalized spacial score (nSPS) is 10.1. The molecule has 0 radical (unpaired) electrons. The van der Waals surface area contributed by atoms with Gasteiger partial charge in [-0.1, -0.05) is 36.5 Å². The van der Waals surface area contributed by atoms with E-state index in [-0.39, 0.29) is 6.61 Å². The molecule has 0 aromatic heterocycles.